The number of carbonyl (C=O) groups excluding carboxylic acids is 2. The lowest BCUT2D eigenvalue weighted by atomic mass is 10.0. The van der Waals surface area contributed by atoms with Crippen LogP contribution in [0.5, 0.6) is 0 Å². The zero-order chi connectivity index (χ0) is 35.2. The number of fused-ring (bicyclic) bond motifs is 2. The van der Waals surface area contributed by atoms with Gasteiger partial charge in [-0.05, 0) is 25.0 Å². The second kappa shape index (κ2) is 15.9. The van der Waals surface area contributed by atoms with E-state index in [9.17, 15) is 26.4 Å². The molecule has 2 saturated heterocycles. The molecule has 3 heterocycles. The fourth-order valence-electron chi connectivity index (χ4n) is 6.18. The molecule has 49 heavy (non-hydrogen) atoms. The van der Waals surface area contributed by atoms with Gasteiger partial charge in [-0.25, -0.2) is 21.6 Å². The first-order valence-corrected chi connectivity index (χ1v) is 20.5. The first-order valence-electron chi connectivity index (χ1n) is 16.2. The maximum Gasteiger partial charge on any atom is 0.315 e. The number of carbonyl (C=O) groups is 2. The number of unbranched alkanes of at least 4 members (excludes halogenated alkanes) is 1. The lowest BCUT2D eigenvalue weighted by Crippen LogP contribution is -2.36. The van der Waals surface area contributed by atoms with E-state index in [-0.39, 0.29) is 53.5 Å². The van der Waals surface area contributed by atoms with Crippen LogP contribution in [-0.4, -0.2) is 110 Å². The molecule has 2 fully saturated rings. The van der Waals surface area contributed by atoms with E-state index in [1.807, 2.05) is 42.9 Å². The Bertz CT molecular complexity index is 1880. The minimum absolute atomic E-state index is 0.0680. The number of anilines is 1. The van der Waals surface area contributed by atoms with E-state index >= 15 is 0 Å². The van der Waals surface area contributed by atoms with Crippen LogP contribution in [0.4, 0.5) is 10.5 Å². The number of amides is 3. The summed E-state index contributed by atoms with van der Waals surface area (Å²) in [4.78, 5) is 26.0. The van der Waals surface area contributed by atoms with Crippen molar-refractivity contribution in [3.8, 4) is 0 Å². The molecule has 266 valence electrons. The maximum absolute atomic E-state index is 14.2. The van der Waals surface area contributed by atoms with E-state index in [0.717, 1.165) is 40.4 Å². The number of sulfonamides is 1. The third-order valence-electron chi connectivity index (χ3n) is 8.65. The minimum atomic E-state index is -4.18. The zero-order valence-corrected chi connectivity index (χ0v) is 30.2. The third-order valence-corrected chi connectivity index (χ3v) is 13.6. The number of sulfone groups is 1. The van der Waals surface area contributed by atoms with Crippen molar-refractivity contribution >= 4 is 60.0 Å². The van der Waals surface area contributed by atoms with Gasteiger partial charge in [-0.15, -0.1) is 11.7 Å². The first-order chi connectivity index (χ1) is 23.4. The van der Waals surface area contributed by atoms with E-state index in [1.54, 1.807) is 24.4 Å². The SMILES string of the molecule is C=CCS(=O)(=O)CCN(Cc1cn(CCNC(=O)CCCCC2SCC3NC(=O)NC32)nn1)S(=O)(=O)c1cccc2c(N(C)C)cccc12. The topological polar surface area (TPSA) is 176 Å². The molecular formula is C32H44N8O6S3. The van der Waals surface area contributed by atoms with Gasteiger partial charge in [-0.2, -0.15) is 16.1 Å². The fraction of sp³-hybridized carbons (Fsp3) is 0.500. The first kappa shape index (κ1) is 36.6. The normalized spacial score (nSPS) is 19.1. The van der Waals surface area contributed by atoms with Gasteiger partial charge in [-0.1, -0.05) is 42.0 Å². The van der Waals surface area contributed by atoms with Gasteiger partial charge in [0.1, 0.15) is 0 Å². The predicted molar refractivity (Wildman–Crippen MR) is 192 cm³/mol. The van der Waals surface area contributed by atoms with Gasteiger partial charge in [0.05, 0.1) is 47.3 Å². The smallest absolute Gasteiger partial charge is 0.315 e. The summed E-state index contributed by atoms with van der Waals surface area (Å²) < 4.78 is 56.2. The van der Waals surface area contributed by atoms with Crippen molar-refractivity contribution < 1.29 is 26.4 Å². The summed E-state index contributed by atoms with van der Waals surface area (Å²) >= 11 is 1.86. The number of aromatic nitrogens is 3. The lowest BCUT2D eigenvalue weighted by Gasteiger charge is -2.23. The van der Waals surface area contributed by atoms with Crippen LogP contribution in [0, 0.1) is 0 Å². The predicted octanol–water partition coefficient (Wildman–Crippen LogP) is 2.13. The van der Waals surface area contributed by atoms with Gasteiger partial charge in [0.2, 0.25) is 15.9 Å². The van der Waals surface area contributed by atoms with Crippen LogP contribution in [0.25, 0.3) is 10.8 Å². The van der Waals surface area contributed by atoms with Crippen LogP contribution in [0.1, 0.15) is 31.4 Å². The molecule has 3 atom stereocenters. The molecule has 0 spiro atoms. The highest BCUT2D eigenvalue weighted by molar-refractivity contribution is 8.00. The summed E-state index contributed by atoms with van der Waals surface area (Å²) in [6.07, 6.45) is 5.85. The van der Waals surface area contributed by atoms with E-state index in [1.165, 1.54) is 16.8 Å². The molecule has 3 N–H and O–H groups in total. The molecule has 17 heteroatoms. The van der Waals surface area contributed by atoms with Crippen LogP contribution in [0.3, 0.4) is 0 Å². The minimum Gasteiger partial charge on any atom is -0.377 e. The highest BCUT2D eigenvalue weighted by atomic mass is 32.2. The average molecular weight is 733 g/mol. The van der Waals surface area contributed by atoms with E-state index in [2.05, 4.69) is 32.8 Å². The van der Waals surface area contributed by atoms with Gasteiger partial charge in [0.25, 0.3) is 0 Å². The van der Waals surface area contributed by atoms with E-state index in [4.69, 9.17) is 0 Å². The van der Waals surface area contributed by atoms with Gasteiger partial charge in [0.15, 0.2) is 9.84 Å². The Morgan fingerprint density at radius 1 is 1.12 bits per heavy atom. The summed E-state index contributed by atoms with van der Waals surface area (Å²) in [5, 5.41) is 18.7. The highest BCUT2D eigenvalue weighted by Gasteiger charge is 2.42. The molecule has 3 amide bonds. The maximum atomic E-state index is 14.2. The van der Waals surface area contributed by atoms with Gasteiger partial charge in [0, 0.05) is 67.3 Å². The van der Waals surface area contributed by atoms with Crippen molar-refractivity contribution in [1.82, 2.24) is 35.2 Å². The Kier molecular flexibility index (Phi) is 11.9. The van der Waals surface area contributed by atoms with E-state index < -0.39 is 19.9 Å². The van der Waals surface area contributed by atoms with Crippen molar-refractivity contribution in [3.63, 3.8) is 0 Å². The molecule has 0 aliphatic carbocycles. The quantitative estimate of drug-likeness (QED) is 0.0999. The van der Waals surface area contributed by atoms with Crippen molar-refractivity contribution in [3.05, 3.63) is 60.9 Å². The van der Waals surface area contributed by atoms with Crippen LogP contribution in [0.15, 0.2) is 60.1 Å². The largest absolute Gasteiger partial charge is 0.377 e. The molecule has 1 aromatic heterocycles. The number of urea groups is 1. The summed E-state index contributed by atoms with van der Waals surface area (Å²) in [6, 6.07) is 10.7. The molecule has 2 aliphatic heterocycles. The number of benzene rings is 2. The average Bonchev–Trinajstić information content (AvgIpc) is 3.76. The number of rotatable bonds is 18. The molecule has 0 bridgehead atoms. The van der Waals surface area contributed by atoms with Crippen molar-refractivity contribution in [1.29, 1.82) is 0 Å². The van der Waals surface area contributed by atoms with Crippen LogP contribution >= 0.6 is 11.8 Å². The number of nitrogens with one attached hydrogen (secondary N) is 3. The second-order valence-corrected chi connectivity index (χ2v) is 17.9. The number of thioether (sulfide) groups is 1. The molecule has 3 unspecified atom stereocenters. The van der Waals surface area contributed by atoms with Crippen molar-refractivity contribution in [2.45, 2.75) is 61.0 Å². The Labute approximate surface area is 292 Å². The lowest BCUT2D eigenvalue weighted by molar-refractivity contribution is -0.121. The Balaban J connectivity index is 1.18. The van der Waals surface area contributed by atoms with Crippen molar-refractivity contribution in [2.24, 2.45) is 0 Å². The van der Waals surface area contributed by atoms with Gasteiger partial charge in [-0.3, -0.25) is 9.48 Å². The summed E-state index contributed by atoms with van der Waals surface area (Å²) in [5.41, 5.74) is 1.19. The molecule has 0 radical (unpaired) electrons. The molecule has 0 saturated carbocycles. The summed E-state index contributed by atoms with van der Waals surface area (Å²) in [7, 11) is -4.01. The molecule has 3 aromatic rings. The molecule has 5 rings (SSSR count). The number of hydrogen-bond donors (Lipinski definition) is 3. The third kappa shape index (κ3) is 9.12. The summed E-state index contributed by atoms with van der Waals surface area (Å²) in [6.45, 7) is 3.66. The highest BCUT2D eigenvalue weighted by Crippen LogP contribution is 2.34. The van der Waals surface area contributed by atoms with Crippen LogP contribution < -0.4 is 20.9 Å². The number of nitrogens with zero attached hydrogens (tertiary/aromatic N) is 5. The van der Waals surface area contributed by atoms with Crippen LogP contribution in [-0.2, 0) is 37.7 Å². The monoisotopic (exact) mass is 732 g/mol. The zero-order valence-electron chi connectivity index (χ0n) is 27.7. The van der Waals surface area contributed by atoms with Gasteiger partial charge >= 0.3 is 6.03 Å². The fourth-order valence-corrected chi connectivity index (χ4v) is 10.5. The van der Waals surface area contributed by atoms with Crippen molar-refractivity contribution in [2.75, 3.05) is 49.3 Å². The number of hydrogen-bond acceptors (Lipinski definition) is 10. The van der Waals surface area contributed by atoms with E-state index in [0.29, 0.717) is 35.8 Å². The van der Waals surface area contributed by atoms with Gasteiger partial charge < -0.3 is 20.9 Å². The van der Waals surface area contributed by atoms with Crippen LogP contribution in [0.2, 0.25) is 0 Å². The molecule has 2 aromatic carbocycles. The Morgan fingerprint density at radius 2 is 1.90 bits per heavy atom. The standard InChI is InChI=1S/C32H44N8O6S3/c1-4-18-48(43,44)19-17-40(49(45,46)29-13-8-9-24-25(29)10-7-11-27(24)38(2)3)21-23-20-39(37-36-23)16-15-33-30(41)14-6-5-12-28-31-26(22-47-28)34-32(42)35-31/h4,7-11,13,20,26,28,31H,1,5-6,12,14-19,21-22H2,2-3H3,(H,33,41)(H2,34,35,42). The summed E-state index contributed by atoms with van der Waals surface area (Å²) in [5.74, 6) is 0.187. The molecule has 2 aliphatic rings. The molecule has 14 nitrogen and oxygen atoms in total. The molecular weight excluding hydrogens is 689 g/mol. The second-order valence-electron chi connectivity index (χ2n) is 12.5. The Morgan fingerprint density at radius 3 is 2.67 bits per heavy atom. The Hall–Kier alpha value is -3.67.